The van der Waals surface area contributed by atoms with Gasteiger partial charge in [-0.2, -0.15) is 0 Å². The lowest BCUT2D eigenvalue weighted by molar-refractivity contribution is 1.19. The van der Waals surface area contributed by atoms with E-state index in [1.54, 1.807) is 0 Å². The molecule has 0 fully saturated rings. The molecule has 0 aliphatic carbocycles. The van der Waals surface area contributed by atoms with E-state index in [9.17, 15) is 0 Å². The molecule has 11 aromatic rings. The first-order chi connectivity index (χ1) is 25.8. The van der Waals surface area contributed by atoms with Crippen molar-refractivity contribution < 1.29 is 0 Å². The second-order valence-electron chi connectivity index (χ2n) is 13.2. The molecule has 0 aliphatic rings. The number of hydrogen-bond acceptors (Lipinski definition) is 4. The van der Waals surface area contributed by atoms with Gasteiger partial charge in [0.25, 0.3) is 0 Å². The van der Waals surface area contributed by atoms with E-state index in [0.29, 0.717) is 0 Å². The van der Waals surface area contributed by atoms with Crippen LogP contribution < -0.4 is 0 Å². The Morgan fingerprint density at radius 1 is 0.288 bits per heavy atom. The molecule has 6 heterocycles. The molecule has 0 aliphatic heterocycles. The van der Waals surface area contributed by atoms with E-state index >= 15 is 0 Å². The maximum absolute atomic E-state index is 5.17. The molecule has 242 valence electrons. The summed E-state index contributed by atoms with van der Waals surface area (Å²) in [7, 11) is 0. The fourth-order valence-electron chi connectivity index (χ4n) is 7.60. The SMILES string of the molecule is c1ccc2c(c1)c(-c1ccc(-c3ccc(-c4ccc(-c5nc6c(nc7ccccn76)c6ccccc56)cc4)cc3)cc1)nc1c2nc2ccccn21. The van der Waals surface area contributed by atoms with Gasteiger partial charge in [0.15, 0.2) is 11.3 Å². The minimum absolute atomic E-state index is 0.870. The Labute approximate surface area is 298 Å². The Morgan fingerprint density at radius 2 is 0.615 bits per heavy atom. The summed E-state index contributed by atoms with van der Waals surface area (Å²) in [4.78, 5) is 20.1. The molecule has 0 N–H and O–H groups in total. The molecule has 0 atom stereocenters. The van der Waals surface area contributed by atoms with Crippen LogP contribution >= 0.6 is 0 Å². The third-order valence-electron chi connectivity index (χ3n) is 10.2. The number of imidazole rings is 2. The first-order valence-electron chi connectivity index (χ1n) is 17.4. The van der Waals surface area contributed by atoms with E-state index in [1.165, 1.54) is 11.1 Å². The summed E-state index contributed by atoms with van der Waals surface area (Å²) < 4.78 is 4.13. The van der Waals surface area contributed by atoms with Gasteiger partial charge in [-0.25, -0.2) is 19.9 Å². The van der Waals surface area contributed by atoms with Crippen molar-refractivity contribution in [3.8, 4) is 44.8 Å². The van der Waals surface area contributed by atoms with Gasteiger partial charge in [-0.05, 0) is 46.5 Å². The quantitative estimate of drug-likeness (QED) is 0.188. The largest absolute Gasteiger partial charge is 0.284 e. The zero-order valence-corrected chi connectivity index (χ0v) is 27.8. The standard InChI is InChI=1S/C46H28N6/c1-3-11-37-35(9-1)41(49-45-43(37)47-39-13-5-7-27-51(39)45)33-23-19-31(20-24-33)29-15-17-30(18-16-29)32-21-25-34(26-22-32)42-36-10-2-4-12-38(36)44-46(50-42)52-28-8-6-14-40(52)48-44/h1-28H. The molecule has 52 heavy (non-hydrogen) atoms. The summed E-state index contributed by atoms with van der Waals surface area (Å²) in [5, 5.41) is 4.41. The number of pyridine rings is 4. The minimum atomic E-state index is 0.870. The van der Waals surface area contributed by atoms with Crippen molar-refractivity contribution in [2.24, 2.45) is 0 Å². The van der Waals surface area contributed by atoms with Crippen LogP contribution in [0.3, 0.4) is 0 Å². The van der Waals surface area contributed by atoms with Crippen LogP contribution in [0, 0.1) is 0 Å². The van der Waals surface area contributed by atoms with Crippen molar-refractivity contribution in [2.45, 2.75) is 0 Å². The molecule has 0 saturated heterocycles. The summed E-state index contributed by atoms with van der Waals surface area (Å²) in [6.45, 7) is 0. The highest BCUT2D eigenvalue weighted by atomic mass is 15.1. The first kappa shape index (κ1) is 28.6. The van der Waals surface area contributed by atoms with Gasteiger partial charge in [0.05, 0.1) is 11.4 Å². The van der Waals surface area contributed by atoms with E-state index in [-0.39, 0.29) is 0 Å². The third kappa shape index (κ3) is 4.38. The molecule has 0 unspecified atom stereocenters. The monoisotopic (exact) mass is 664 g/mol. The van der Waals surface area contributed by atoms with Crippen molar-refractivity contribution >= 4 is 55.2 Å². The Bertz CT molecular complexity index is 2940. The lowest BCUT2D eigenvalue weighted by atomic mass is 9.97. The molecule has 6 nitrogen and oxygen atoms in total. The third-order valence-corrected chi connectivity index (χ3v) is 10.2. The number of nitrogens with zero attached hydrogens (tertiary/aromatic N) is 6. The van der Waals surface area contributed by atoms with Gasteiger partial charge in [-0.3, -0.25) is 8.80 Å². The summed E-state index contributed by atoms with van der Waals surface area (Å²) >= 11 is 0. The topological polar surface area (TPSA) is 60.4 Å². The van der Waals surface area contributed by atoms with Crippen molar-refractivity contribution in [2.75, 3.05) is 0 Å². The summed E-state index contributed by atoms with van der Waals surface area (Å²) in [5.74, 6) is 0. The molecular formula is C46H28N6. The van der Waals surface area contributed by atoms with Crippen LogP contribution in [0.5, 0.6) is 0 Å². The van der Waals surface area contributed by atoms with E-state index in [0.717, 1.165) is 88.8 Å². The predicted molar refractivity (Wildman–Crippen MR) is 211 cm³/mol. The molecule has 0 radical (unpaired) electrons. The van der Waals surface area contributed by atoms with E-state index in [4.69, 9.17) is 19.9 Å². The summed E-state index contributed by atoms with van der Waals surface area (Å²) in [5.41, 5.74) is 14.1. The maximum atomic E-state index is 5.17. The van der Waals surface area contributed by atoms with Crippen LogP contribution in [-0.2, 0) is 0 Å². The Hall–Kier alpha value is -7.18. The molecule has 0 amide bonds. The van der Waals surface area contributed by atoms with Crippen molar-refractivity contribution in [1.29, 1.82) is 0 Å². The van der Waals surface area contributed by atoms with Gasteiger partial charge in [0.1, 0.15) is 22.3 Å². The summed E-state index contributed by atoms with van der Waals surface area (Å²) in [6.07, 6.45) is 4.06. The van der Waals surface area contributed by atoms with E-state index < -0.39 is 0 Å². The molecule has 6 heteroatoms. The predicted octanol–water partition coefficient (Wildman–Crippen LogP) is 11.1. The van der Waals surface area contributed by atoms with Crippen molar-refractivity contribution in [3.63, 3.8) is 0 Å². The molecule has 6 aromatic heterocycles. The van der Waals surface area contributed by atoms with Crippen LogP contribution in [0.2, 0.25) is 0 Å². The molecule has 5 aromatic carbocycles. The first-order valence-corrected chi connectivity index (χ1v) is 17.4. The number of rotatable bonds is 4. The van der Waals surface area contributed by atoms with Crippen LogP contribution in [0.25, 0.3) is 99.9 Å². The zero-order valence-electron chi connectivity index (χ0n) is 27.8. The van der Waals surface area contributed by atoms with Gasteiger partial charge in [-0.1, -0.05) is 133 Å². The molecule has 11 rings (SSSR count). The van der Waals surface area contributed by atoms with Gasteiger partial charge in [0, 0.05) is 45.1 Å². The van der Waals surface area contributed by atoms with Crippen molar-refractivity contribution in [3.05, 3.63) is 170 Å². The molecule has 0 saturated carbocycles. The van der Waals surface area contributed by atoms with Gasteiger partial charge >= 0.3 is 0 Å². The molecular weight excluding hydrogens is 637 g/mol. The highest BCUT2D eigenvalue weighted by molar-refractivity contribution is 6.10. The maximum Gasteiger partial charge on any atom is 0.165 e. The lowest BCUT2D eigenvalue weighted by Gasteiger charge is -2.10. The second-order valence-corrected chi connectivity index (χ2v) is 13.2. The lowest BCUT2D eigenvalue weighted by Crippen LogP contribution is -1.92. The Kier molecular flexibility index (Phi) is 6.15. The normalized spacial score (nSPS) is 11.8. The summed E-state index contributed by atoms with van der Waals surface area (Å²) in [6, 6.07) is 55.2. The van der Waals surface area contributed by atoms with Gasteiger partial charge in [-0.15, -0.1) is 0 Å². The average molecular weight is 665 g/mol. The number of fused-ring (bicyclic) bond motifs is 10. The van der Waals surface area contributed by atoms with E-state index in [2.05, 4.69) is 130 Å². The average Bonchev–Trinajstić information content (AvgIpc) is 3.79. The van der Waals surface area contributed by atoms with Crippen LogP contribution in [0.4, 0.5) is 0 Å². The fourth-order valence-corrected chi connectivity index (χ4v) is 7.60. The fraction of sp³-hybridized carbons (Fsp3) is 0. The number of benzene rings is 5. The van der Waals surface area contributed by atoms with E-state index in [1.807, 2.05) is 48.8 Å². The molecule has 0 spiro atoms. The van der Waals surface area contributed by atoms with Gasteiger partial charge in [0.2, 0.25) is 0 Å². The molecule has 0 bridgehead atoms. The van der Waals surface area contributed by atoms with Crippen LogP contribution in [-0.4, -0.2) is 28.7 Å². The Morgan fingerprint density at radius 3 is 1.00 bits per heavy atom. The van der Waals surface area contributed by atoms with Gasteiger partial charge < -0.3 is 0 Å². The smallest absolute Gasteiger partial charge is 0.165 e. The zero-order chi connectivity index (χ0) is 34.2. The Balaban J connectivity index is 0.908. The second kappa shape index (κ2) is 11.2. The van der Waals surface area contributed by atoms with Crippen LogP contribution in [0.1, 0.15) is 0 Å². The van der Waals surface area contributed by atoms with Crippen molar-refractivity contribution in [1.82, 2.24) is 28.7 Å². The highest BCUT2D eigenvalue weighted by Gasteiger charge is 2.17. The number of hydrogen-bond donors (Lipinski definition) is 0. The number of aromatic nitrogens is 6. The van der Waals surface area contributed by atoms with Crippen LogP contribution in [0.15, 0.2) is 170 Å². The minimum Gasteiger partial charge on any atom is -0.284 e. The highest BCUT2D eigenvalue weighted by Crippen LogP contribution is 2.36.